The smallest absolute Gasteiger partial charge is 0.127 e. The molecule has 20 heavy (non-hydrogen) atoms. The lowest BCUT2D eigenvalue weighted by Crippen LogP contribution is -2.14. The van der Waals surface area contributed by atoms with Gasteiger partial charge in [0.1, 0.15) is 5.82 Å². The molecule has 0 spiro atoms. The molecule has 1 aliphatic heterocycles. The van der Waals surface area contributed by atoms with Crippen LogP contribution in [-0.2, 0) is 17.7 Å². The third-order valence-corrected chi connectivity index (χ3v) is 3.82. The minimum absolute atomic E-state index is 0.142. The number of aryl methyl sites for hydroxylation is 1. The van der Waals surface area contributed by atoms with E-state index in [1.54, 1.807) is 12.3 Å². The molecule has 0 aliphatic carbocycles. The summed E-state index contributed by atoms with van der Waals surface area (Å²) in [5.74, 6) is -0.142. The summed E-state index contributed by atoms with van der Waals surface area (Å²) in [5, 5.41) is 4.34. The predicted molar refractivity (Wildman–Crippen MR) is 76.0 cm³/mol. The number of hydrogen-bond acceptors (Lipinski definition) is 2. The number of hydrogen-bond donors (Lipinski definition) is 0. The summed E-state index contributed by atoms with van der Waals surface area (Å²) in [6.45, 7) is 3.58. The highest BCUT2D eigenvalue weighted by Crippen LogP contribution is 2.22. The van der Waals surface area contributed by atoms with Gasteiger partial charge in [0.25, 0.3) is 0 Å². The molecule has 0 saturated carbocycles. The first-order valence-electron chi connectivity index (χ1n) is 7.19. The number of ether oxygens (including phenoxy) is 1. The van der Waals surface area contributed by atoms with Crippen molar-refractivity contribution in [1.82, 2.24) is 9.78 Å². The normalized spacial score (nSPS) is 18.6. The van der Waals surface area contributed by atoms with Crippen molar-refractivity contribution in [3.05, 3.63) is 42.0 Å². The van der Waals surface area contributed by atoms with Gasteiger partial charge in [-0.05, 0) is 36.5 Å². The Bertz CT molecular complexity index is 588. The van der Waals surface area contributed by atoms with Crippen LogP contribution < -0.4 is 0 Å². The van der Waals surface area contributed by atoms with Crippen LogP contribution in [0.3, 0.4) is 0 Å². The van der Waals surface area contributed by atoms with Gasteiger partial charge in [-0.2, -0.15) is 5.10 Å². The van der Waals surface area contributed by atoms with Crippen molar-refractivity contribution in [2.24, 2.45) is 0 Å². The molecular weight excluding hydrogens is 255 g/mol. The predicted octanol–water partition coefficient (Wildman–Crippen LogP) is 3.43. The molecule has 0 bridgehead atoms. The lowest BCUT2D eigenvalue weighted by molar-refractivity contribution is 0.0940. The molecule has 0 radical (unpaired) electrons. The Kier molecular flexibility index (Phi) is 3.83. The Balaban J connectivity index is 1.77. The van der Waals surface area contributed by atoms with Gasteiger partial charge >= 0.3 is 0 Å². The van der Waals surface area contributed by atoms with Crippen LogP contribution in [0.25, 0.3) is 11.1 Å². The van der Waals surface area contributed by atoms with Gasteiger partial charge in [0.2, 0.25) is 0 Å². The van der Waals surface area contributed by atoms with Crippen LogP contribution in [0.2, 0.25) is 0 Å². The summed E-state index contributed by atoms with van der Waals surface area (Å²) in [6.07, 6.45) is 6.95. The van der Waals surface area contributed by atoms with Crippen LogP contribution in [0, 0.1) is 5.82 Å². The third kappa shape index (κ3) is 2.75. The number of halogens is 1. The highest BCUT2D eigenvalue weighted by molar-refractivity contribution is 5.62. The van der Waals surface area contributed by atoms with Gasteiger partial charge in [-0.3, -0.25) is 4.68 Å². The van der Waals surface area contributed by atoms with Crippen LogP contribution in [0.1, 0.15) is 25.3 Å². The van der Waals surface area contributed by atoms with E-state index >= 15 is 0 Å². The van der Waals surface area contributed by atoms with E-state index in [-0.39, 0.29) is 11.9 Å². The van der Waals surface area contributed by atoms with Crippen LogP contribution >= 0.6 is 0 Å². The number of rotatable bonds is 4. The molecule has 2 heterocycles. The molecule has 2 aromatic rings. The van der Waals surface area contributed by atoms with E-state index in [2.05, 4.69) is 5.10 Å². The zero-order chi connectivity index (χ0) is 13.9. The Morgan fingerprint density at radius 1 is 1.40 bits per heavy atom. The highest BCUT2D eigenvalue weighted by atomic mass is 19.1. The fraction of sp³-hybridized carbons (Fsp3) is 0.438. The van der Waals surface area contributed by atoms with E-state index in [1.807, 2.05) is 29.9 Å². The summed E-state index contributed by atoms with van der Waals surface area (Å²) >= 11 is 0. The molecule has 1 aromatic heterocycles. The Morgan fingerprint density at radius 3 is 3.00 bits per heavy atom. The molecule has 1 aliphatic rings. The molecule has 106 valence electrons. The van der Waals surface area contributed by atoms with E-state index in [0.717, 1.165) is 42.7 Å². The van der Waals surface area contributed by atoms with Crippen molar-refractivity contribution in [1.29, 1.82) is 0 Å². The molecule has 4 heteroatoms. The molecule has 3 rings (SSSR count). The molecule has 1 unspecified atom stereocenters. The second kappa shape index (κ2) is 5.75. The lowest BCUT2D eigenvalue weighted by atomic mass is 10.1. The second-order valence-electron chi connectivity index (χ2n) is 5.25. The highest BCUT2D eigenvalue weighted by Gasteiger charge is 2.16. The molecule has 0 N–H and O–H groups in total. The van der Waals surface area contributed by atoms with E-state index in [4.69, 9.17) is 4.74 Å². The lowest BCUT2D eigenvalue weighted by Gasteiger charge is -2.08. The maximum absolute atomic E-state index is 13.8. The summed E-state index contributed by atoms with van der Waals surface area (Å²) < 4.78 is 21.3. The van der Waals surface area contributed by atoms with Gasteiger partial charge in [-0.25, -0.2) is 4.39 Å². The van der Waals surface area contributed by atoms with Crippen molar-refractivity contribution < 1.29 is 9.13 Å². The third-order valence-electron chi connectivity index (χ3n) is 3.82. The molecule has 1 saturated heterocycles. The molecule has 3 nitrogen and oxygen atoms in total. The van der Waals surface area contributed by atoms with Crippen molar-refractivity contribution in [3.63, 3.8) is 0 Å². The first-order valence-corrected chi connectivity index (χ1v) is 7.19. The van der Waals surface area contributed by atoms with Crippen LogP contribution in [0.15, 0.2) is 30.6 Å². The van der Waals surface area contributed by atoms with Gasteiger partial charge in [0, 0.05) is 18.4 Å². The summed E-state index contributed by atoms with van der Waals surface area (Å²) in [7, 11) is 0. The molecule has 1 aromatic carbocycles. The van der Waals surface area contributed by atoms with Gasteiger partial charge < -0.3 is 4.74 Å². The minimum atomic E-state index is -0.142. The Hall–Kier alpha value is -1.68. The number of nitrogens with zero attached hydrogens (tertiary/aromatic N) is 2. The minimum Gasteiger partial charge on any atom is -0.376 e. The first kappa shape index (κ1) is 13.3. The van der Waals surface area contributed by atoms with Gasteiger partial charge in [-0.1, -0.05) is 19.1 Å². The van der Waals surface area contributed by atoms with Gasteiger partial charge in [0.05, 0.1) is 18.8 Å². The molecule has 1 atom stereocenters. The van der Waals surface area contributed by atoms with E-state index in [9.17, 15) is 4.39 Å². The summed E-state index contributed by atoms with van der Waals surface area (Å²) in [4.78, 5) is 0. The Morgan fingerprint density at radius 2 is 2.30 bits per heavy atom. The average molecular weight is 274 g/mol. The fourth-order valence-corrected chi connectivity index (χ4v) is 2.62. The standard InChI is InChI=1S/C16H19FN2O/c1-2-12-5-6-13(8-16(12)17)14-9-18-19(10-14)11-15-4-3-7-20-15/h5-6,8-10,15H,2-4,7,11H2,1H3. The number of benzene rings is 1. The van der Waals surface area contributed by atoms with E-state index in [1.165, 1.54) is 0 Å². The first-order chi connectivity index (χ1) is 9.76. The second-order valence-corrected chi connectivity index (χ2v) is 5.25. The van der Waals surface area contributed by atoms with E-state index < -0.39 is 0 Å². The summed E-state index contributed by atoms with van der Waals surface area (Å²) in [5.41, 5.74) is 2.57. The van der Waals surface area contributed by atoms with Crippen molar-refractivity contribution in [3.8, 4) is 11.1 Å². The van der Waals surface area contributed by atoms with Crippen molar-refractivity contribution in [2.75, 3.05) is 6.61 Å². The zero-order valence-corrected chi connectivity index (χ0v) is 11.7. The molecule has 0 amide bonds. The quantitative estimate of drug-likeness (QED) is 0.854. The van der Waals surface area contributed by atoms with Crippen molar-refractivity contribution in [2.45, 2.75) is 38.8 Å². The van der Waals surface area contributed by atoms with Crippen molar-refractivity contribution >= 4 is 0 Å². The fourth-order valence-electron chi connectivity index (χ4n) is 2.62. The van der Waals surface area contributed by atoms with Gasteiger partial charge in [0.15, 0.2) is 0 Å². The molecular formula is C16H19FN2O. The topological polar surface area (TPSA) is 27.1 Å². The SMILES string of the molecule is CCc1ccc(-c2cnn(CC3CCCO3)c2)cc1F. The van der Waals surface area contributed by atoms with Crippen LogP contribution in [0.5, 0.6) is 0 Å². The van der Waals surface area contributed by atoms with Crippen LogP contribution in [-0.4, -0.2) is 22.5 Å². The maximum atomic E-state index is 13.8. The maximum Gasteiger partial charge on any atom is 0.127 e. The average Bonchev–Trinajstić information content (AvgIpc) is 3.11. The largest absolute Gasteiger partial charge is 0.376 e. The zero-order valence-electron chi connectivity index (χ0n) is 11.7. The van der Waals surface area contributed by atoms with Crippen LogP contribution in [0.4, 0.5) is 4.39 Å². The number of aromatic nitrogens is 2. The monoisotopic (exact) mass is 274 g/mol. The van der Waals surface area contributed by atoms with Gasteiger partial charge in [-0.15, -0.1) is 0 Å². The van der Waals surface area contributed by atoms with E-state index in [0.29, 0.717) is 6.42 Å². The molecule has 1 fully saturated rings. The Labute approximate surface area is 118 Å². The summed E-state index contributed by atoms with van der Waals surface area (Å²) in [6, 6.07) is 5.39.